The van der Waals surface area contributed by atoms with Gasteiger partial charge in [0.1, 0.15) is 17.6 Å². The Bertz CT molecular complexity index is 598. The highest BCUT2D eigenvalue weighted by atomic mass is 19.1. The number of benzene rings is 1. The monoisotopic (exact) mass is 277 g/mol. The molecule has 6 heteroatoms. The van der Waals surface area contributed by atoms with E-state index in [9.17, 15) is 9.18 Å². The molecule has 2 aromatic rings. The number of carbonyl (C=O) groups is 1. The summed E-state index contributed by atoms with van der Waals surface area (Å²) in [5, 5.41) is 6.79. The lowest BCUT2D eigenvalue weighted by molar-refractivity contribution is -0.144. The van der Waals surface area contributed by atoms with Crippen LogP contribution in [0.2, 0.25) is 0 Å². The number of carbonyl (C=O) groups excluding carboxylic acids is 1. The van der Waals surface area contributed by atoms with E-state index in [1.165, 1.54) is 12.1 Å². The summed E-state index contributed by atoms with van der Waals surface area (Å²) < 4.78 is 18.4. The maximum Gasteiger partial charge on any atom is 0.321 e. The first-order chi connectivity index (χ1) is 9.65. The molecule has 0 fully saturated rings. The predicted molar refractivity (Wildman–Crippen MR) is 70.6 cm³/mol. The Morgan fingerprint density at radius 3 is 2.85 bits per heavy atom. The summed E-state index contributed by atoms with van der Waals surface area (Å²) in [6.45, 7) is 3.89. The molecular formula is C14H16FN3O2. The molecule has 1 heterocycles. The molecule has 1 unspecified atom stereocenters. The third-order valence-corrected chi connectivity index (χ3v) is 2.85. The van der Waals surface area contributed by atoms with Crippen LogP contribution in [0.1, 0.15) is 37.0 Å². The first-order valence-electron chi connectivity index (χ1n) is 6.49. The molecule has 0 bridgehead atoms. The van der Waals surface area contributed by atoms with Crippen molar-refractivity contribution < 1.29 is 13.9 Å². The lowest BCUT2D eigenvalue weighted by Crippen LogP contribution is -2.18. The van der Waals surface area contributed by atoms with Gasteiger partial charge in [-0.15, -0.1) is 0 Å². The quantitative estimate of drug-likeness (QED) is 0.851. The Morgan fingerprint density at radius 1 is 1.45 bits per heavy atom. The van der Waals surface area contributed by atoms with Gasteiger partial charge in [-0.1, -0.05) is 19.1 Å². The molecule has 2 rings (SSSR count). The third-order valence-electron chi connectivity index (χ3n) is 2.85. The minimum atomic E-state index is -0.817. The summed E-state index contributed by atoms with van der Waals surface area (Å²) in [5.41, 5.74) is 0.477. The highest BCUT2D eigenvalue weighted by Crippen LogP contribution is 2.24. The van der Waals surface area contributed by atoms with Gasteiger partial charge < -0.3 is 4.74 Å². The fraction of sp³-hybridized carbons (Fsp3) is 0.357. The second-order valence-corrected chi connectivity index (χ2v) is 4.23. The highest BCUT2D eigenvalue weighted by molar-refractivity contribution is 5.81. The van der Waals surface area contributed by atoms with Gasteiger partial charge in [-0.3, -0.25) is 9.89 Å². The number of ether oxygens (including phenoxy) is 1. The highest BCUT2D eigenvalue weighted by Gasteiger charge is 2.28. The SMILES string of the molecule is CCOC(=O)C(c1cccc(F)c1)c1n[nH]c(CC)n1. The summed E-state index contributed by atoms with van der Waals surface area (Å²) in [6.07, 6.45) is 0.672. The number of hydrogen-bond donors (Lipinski definition) is 1. The lowest BCUT2D eigenvalue weighted by atomic mass is 9.98. The molecule has 0 spiro atoms. The smallest absolute Gasteiger partial charge is 0.321 e. The number of H-pyrrole nitrogens is 1. The van der Waals surface area contributed by atoms with Gasteiger partial charge in [0.05, 0.1) is 6.61 Å². The number of esters is 1. The molecule has 0 amide bonds. The molecule has 0 aliphatic carbocycles. The van der Waals surface area contributed by atoms with Gasteiger partial charge in [0.25, 0.3) is 0 Å². The van der Waals surface area contributed by atoms with Crippen LogP contribution in [0, 0.1) is 5.82 Å². The van der Waals surface area contributed by atoms with E-state index in [4.69, 9.17) is 4.74 Å². The van der Waals surface area contributed by atoms with E-state index < -0.39 is 17.7 Å². The van der Waals surface area contributed by atoms with Crippen molar-refractivity contribution in [3.05, 3.63) is 47.3 Å². The van der Waals surface area contributed by atoms with E-state index in [0.29, 0.717) is 23.6 Å². The Morgan fingerprint density at radius 2 is 2.25 bits per heavy atom. The van der Waals surface area contributed by atoms with E-state index in [-0.39, 0.29) is 6.61 Å². The molecule has 1 N–H and O–H groups in total. The fourth-order valence-corrected chi connectivity index (χ4v) is 1.90. The first-order valence-corrected chi connectivity index (χ1v) is 6.49. The number of nitrogens with one attached hydrogen (secondary N) is 1. The maximum absolute atomic E-state index is 13.4. The average Bonchev–Trinajstić information content (AvgIpc) is 2.88. The number of aromatic nitrogens is 3. The van der Waals surface area contributed by atoms with Gasteiger partial charge in [0, 0.05) is 6.42 Å². The van der Waals surface area contributed by atoms with Crippen molar-refractivity contribution in [1.29, 1.82) is 0 Å². The summed E-state index contributed by atoms with van der Waals surface area (Å²) in [5.74, 6) is -0.749. The summed E-state index contributed by atoms with van der Waals surface area (Å²) >= 11 is 0. The van der Waals surface area contributed by atoms with E-state index in [2.05, 4.69) is 15.2 Å². The van der Waals surface area contributed by atoms with E-state index in [1.807, 2.05) is 6.92 Å². The zero-order valence-electron chi connectivity index (χ0n) is 11.4. The van der Waals surface area contributed by atoms with Gasteiger partial charge >= 0.3 is 5.97 Å². The normalized spacial score (nSPS) is 12.2. The largest absolute Gasteiger partial charge is 0.465 e. The zero-order chi connectivity index (χ0) is 14.5. The number of halogens is 1. The van der Waals surface area contributed by atoms with Crippen LogP contribution in [0.4, 0.5) is 4.39 Å². The minimum Gasteiger partial charge on any atom is -0.465 e. The van der Waals surface area contributed by atoms with Crippen molar-refractivity contribution in [3.8, 4) is 0 Å². The van der Waals surface area contributed by atoms with Crippen LogP contribution in [0.25, 0.3) is 0 Å². The molecule has 0 radical (unpaired) electrons. The summed E-state index contributed by atoms with van der Waals surface area (Å²) in [6, 6.07) is 5.82. The molecule has 1 aromatic heterocycles. The molecule has 5 nitrogen and oxygen atoms in total. The van der Waals surface area contributed by atoms with Gasteiger partial charge in [-0.25, -0.2) is 9.37 Å². The predicted octanol–water partition coefficient (Wildman–Crippen LogP) is 2.20. The molecular weight excluding hydrogens is 261 g/mol. The molecule has 106 valence electrons. The first kappa shape index (κ1) is 14.2. The van der Waals surface area contributed by atoms with Crippen LogP contribution in [-0.4, -0.2) is 27.8 Å². The fourth-order valence-electron chi connectivity index (χ4n) is 1.90. The molecule has 20 heavy (non-hydrogen) atoms. The average molecular weight is 277 g/mol. The second-order valence-electron chi connectivity index (χ2n) is 4.23. The van der Waals surface area contributed by atoms with Crippen molar-refractivity contribution >= 4 is 5.97 Å². The second kappa shape index (κ2) is 6.27. The van der Waals surface area contributed by atoms with E-state index in [0.717, 1.165) is 0 Å². The lowest BCUT2D eigenvalue weighted by Gasteiger charge is -2.12. The van der Waals surface area contributed by atoms with Crippen LogP contribution in [0.15, 0.2) is 24.3 Å². The minimum absolute atomic E-state index is 0.246. The Labute approximate surface area is 116 Å². The number of aromatic amines is 1. The number of hydrogen-bond acceptors (Lipinski definition) is 4. The molecule has 1 aromatic carbocycles. The Balaban J connectivity index is 2.41. The number of nitrogens with zero attached hydrogens (tertiary/aromatic N) is 2. The van der Waals surface area contributed by atoms with Crippen molar-refractivity contribution in [2.45, 2.75) is 26.2 Å². The Hall–Kier alpha value is -2.24. The molecule has 0 saturated heterocycles. The van der Waals surface area contributed by atoms with Gasteiger partial charge in [-0.2, -0.15) is 5.10 Å². The van der Waals surface area contributed by atoms with E-state index >= 15 is 0 Å². The van der Waals surface area contributed by atoms with Crippen molar-refractivity contribution in [2.75, 3.05) is 6.61 Å². The van der Waals surface area contributed by atoms with E-state index in [1.54, 1.807) is 19.1 Å². The summed E-state index contributed by atoms with van der Waals surface area (Å²) in [4.78, 5) is 16.4. The van der Waals surface area contributed by atoms with Crippen LogP contribution in [0.3, 0.4) is 0 Å². The molecule has 0 saturated carbocycles. The van der Waals surface area contributed by atoms with Gasteiger partial charge in [0.15, 0.2) is 5.82 Å². The standard InChI is InChI=1S/C14H16FN3O2/c1-3-11-16-13(18-17-11)12(14(19)20-4-2)9-6-5-7-10(15)8-9/h5-8,12H,3-4H2,1-2H3,(H,16,17,18). The zero-order valence-corrected chi connectivity index (χ0v) is 11.4. The van der Waals surface area contributed by atoms with Gasteiger partial charge in [-0.05, 0) is 24.6 Å². The summed E-state index contributed by atoms with van der Waals surface area (Å²) in [7, 11) is 0. The van der Waals surface area contributed by atoms with Crippen molar-refractivity contribution in [1.82, 2.24) is 15.2 Å². The molecule has 0 aliphatic rings. The van der Waals surface area contributed by atoms with Crippen LogP contribution >= 0.6 is 0 Å². The molecule has 0 aliphatic heterocycles. The number of aryl methyl sites for hydroxylation is 1. The number of rotatable bonds is 5. The van der Waals surface area contributed by atoms with Gasteiger partial charge in [0.2, 0.25) is 0 Å². The van der Waals surface area contributed by atoms with Crippen molar-refractivity contribution in [2.24, 2.45) is 0 Å². The van der Waals surface area contributed by atoms with Crippen molar-refractivity contribution in [3.63, 3.8) is 0 Å². The molecule has 1 atom stereocenters. The van der Waals surface area contributed by atoms with Crippen LogP contribution < -0.4 is 0 Å². The topological polar surface area (TPSA) is 67.9 Å². The maximum atomic E-state index is 13.4. The van der Waals surface area contributed by atoms with Crippen LogP contribution in [0.5, 0.6) is 0 Å². The third kappa shape index (κ3) is 3.01. The Kier molecular flexibility index (Phi) is 4.45. The van der Waals surface area contributed by atoms with Crippen LogP contribution in [-0.2, 0) is 16.0 Å².